The number of nitrogens with two attached hydrogens (primary N) is 1. The minimum Gasteiger partial charge on any atom is -0.394 e. The van der Waals surface area contributed by atoms with Gasteiger partial charge in [0.15, 0.2) is 15.9 Å². The van der Waals surface area contributed by atoms with E-state index in [9.17, 15) is 15.3 Å². The molecule has 10 nitrogen and oxygen atoms in total. The first-order valence-corrected chi connectivity index (χ1v) is 8.81. The van der Waals surface area contributed by atoms with Crippen LogP contribution in [0, 0.1) is 0 Å². The van der Waals surface area contributed by atoms with Gasteiger partial charge in [-0.3, -0.25) is 16.0 Å². The van der Waals surface area contributed by atoms with Crippen LogP contribution in [0.25, 0.3) is 0 Å². The number of aliphatic imine (C=N–C) groups is 3. The molecule has 0 saturated carbocycles. The molecule has 5 atom stereocenters. The second-order valence-corrected chi connectivity index (χ2v) is 6.82. The number of halogens is 1. The van der Waals surface area contributed by atoms with Gasteiger partial charge in [0, 0.05) is 22.6 Å². The molecule has 0 aromatic rings. The monoisotopic (exact) mass is 452 g/mol. The van der Waals surface area contributed by atoms with Crippen LogP contribution in [0.4, 0.5) is 0 Å². The smallest absolute Gasteiger partial charge is 0.212 e. The zero-order valence-electron chi connectivity index (χ0n) is 13.1. The molecule has 1 saturated heterocycles. The first-order valence-electron chi connectivity index (χ1n) is 7.73. The minimum atomic E-state index is -1.19. The van der Waals surface area contributed by atoms with Crippen molar-refractivity contribution in [3.63, 3.8) is 0 Å². The fourth-order valence-electron chi connectivity index (χ4n) is 2.92. The summed E-state index contributed by atoms with van der Waals surface area (Å²) in [5.74, 6) is -0.730. The first kappa shape index (κ1) is 18.1. The number of nitrogens with zero attached hydrogens (tertiary/aromatic N) is 4. The number of nitrogens with one attached hydrogen (secondary N) is 1. The second kappa shape index (κ2) is 6.90. The number of aliphatic hydroxyl groups excluding tert-OH is 3. The Balaban J connectivity index is 1.85. The number of amidine groups is 2. The summed E-state index contributed by atoms with van der Waals surface area (Å²) in [6.45, 7) is 2.46. The number of rotatable bonds is 5. The first-order chi connectivity index (χ1) is 11.4. The molecule has 6 N–H and O–H groups in total. The van der Waals surface area contributed by atoms with Crippen molar-refractivity contribution in [2.75, 3.05) is 19.8 Å². The van der Waals surface area contributed by atoms with Crippen LogP contribution in [0.15, 0.2) is 15.0 Å². The fraction of sp³-hybridized carbons (Fsp3) is 0.769. The molecule has 1 fully saturated rings. The molecule has 3 heterocycles. The van der Waals surface area contributed by atoms with Crippen molar-refractivity contribution < 1.29 is 20.1 Å². The highest BCUT2D eigenvalue weighted by atomic mass is 127. The van der Waals surface area contributed by atoms with Crippen molar-refractivity contribution in [1.82, 2.24) is 10.2 Å². The predicted octanol–water partition coefficient (Wildman–Crippen LogP) is -2.05. The summed E-state index contributed by atoms with van der Waals surface area (Å²) in [5, 5.41) is 32.6. The Bertz CT molecular complexity index is 599. The number of hydrogen-bond donors (Lipinski definition) is 5. The lowest BCUT2D eigenvalue weighted by molar-refractivity contribution is -0.0688. The van der Waals surface area contributed by atoms with Crippen LogP contribution in [-0.4, -0.2) is 85.8 Å². The van der Waals surface area contributed by atoms with Gasteiger partial charge in [-0.05, 0) is 13.0 Å². The van der Waals surface area contributed by atoms with Crippen LogP contribution < -0.4 is 11.1 Å². The minimum absolute atomic E-state index is 0.174. The molecular formula is C13H21IN6O4. The van der Waals surface area contributed by atoms with E-state index in [1.165, 1.54) is 0 Å². The average Bonchev–Trinajstić information content (AvgIpc) is 3.08. The van der Waals surface area contributed by atoms with Crippen LogP contribution >= 0.6 is 22.6 Å². The largest absolute Gasteiger partial charge is 0.394 e. The maximum Gasteiger partial charge on any atom is 0.212 e. The van der Waals surface area contributed by atoms with Gasteiger partial charge in [0.05, 0.1) is 6.61 Å². The molecule has 134 valence electrons. The third kappa shape index (κ3) is 2.98. The van der Waals surface area contributed by atoms with E-state index in [4.69, 9.17) is 10.5 Å². The zero-order valence-corrected chi connectivity index (χ0v) is 15.3. The van der Waals surface area contributed by atoms with Crippen molar-refractivity contribution in [3.8, 4) is 0 Å². The Kier molecular flexibility index (Phi) is 5.20. The highest BCUT2D eigenvalue weighted by molar-refractivity contribution is 14.1. The van der Waals surface area contributed by atoms with E-state index < -0.39 is 30.3 Å². The molecule has 11 heteroatoms. The summed E-state index contributed by atoms with van der Waals surface area (Å²) in [6.07, 6.45) is -3.21. The molecule has 3 aliphatic heterocycles. The molecular weight excluding hydrogens is 431 g/mol. The van der Waals surface area contributed by atoms with Gasteiger partial charge >= 0.3 is 0 Å². The lowest BCUT2D eigenvalue weighted by Gasteiger charge is -2.33. The molecule has 24 heavy (non-hydrogen) atoms. The van der Waals surface area contributed by atoms with Gasteiger partial charge in [-0.1, -0.05) is 6.92 Å². The van der Waals surface area contributed by atoms with Gasteiger partial charge in [0.25, 0.3) is 0 Å². The third-order valence-corrected chi connectivity index (χ3v) is 4.64. The Morgan fingerprint density at radius 1 is 1.46 bits per heavy atom. The highest BCUT2D eigenvalue weighted by Gasteiger charge is 2.51. The van der Waals surface area contributed by atoms with Crippen LogP contribution in [0.3, 0.4) is 0 Å². The summed E-state index contributed by atoms with van der Waals surface area (Å²) in [6, 6.07) is 0. The maximum absolute atomic E-state index is 10.2. The van der Waals surface area contributed by atoms with Crippen molar-refractivity contribution >= 4 is 38.0 Å². The summed E-state index contributed by atoms with van der Waals surface area (Å²) in [7, 11) is 0. The molecule has 1 unspecified atom stereocenters. The molecule has 0 aliphatic carbocycles. The average molecular weight is 452 g/mol. The van der Waals surface area contributed by atoms with Crippen LogP contribution in [0.2, 0.25) is 0 Å². The van der Waals surface area contributed by atoms with Crippen molar-refractivity contribution in [2.45, 2.75) is 43.7 Å². The number of aliphatic hydroxyl groups is 3. The molecule has 0 spiro atoms. The predicted molar refractivity (Wildman–Crippen MR) is 96.0 cm³/mol. The van der Waals surface area contributed by atoms with Gasteiger partial charge in [0.2, 0.25) is 5.79 Å². The van der Waals surface area contributed by atoms with E-state index >= 15 is 0 Å². The fourth-order valence-corrected chi connectivity index (χ4v) is 3.53. The summed E-state index contributed by atoms with van der Waals surface area (Å²) >= 11 is 1.97. The van der Waals surface area contributed by atoms with E-state index in [1.807, 2.05) is 29.5 Å². The zero-order chi connectivity index (χ0) is 17.5. The van der Waals surface area contributed by atoms with Crippen LogP contribution in [0.5, 0.6) is 0 Å². The van der Waals surface area contributed by atoms with E-state index in [0.29, 0.717) is 21.9 Å². The number of hydrogen-bond acceptors (Lipinski definition) is 10. The van der Waals surface area contributed by atoms with Gasteiger partial charge in [-0.2, -0.15) is 0 Å². The molecule has 3 aliphatic rings. The lowest BCUT2D eigenvalue weighted by Crippen LogP contribution is -2.63. The quantitative estimate of drug-likeness (QED) is 0.183. The molecule has 0 aromatic heterocycles. The normalized spacial score (nSPS) is 38.8. The standard InChI is InChI=1S/C13H21IN6O4/c1-2-3-17-13(15)9-10(18-12(14)19-13)20(5-16-9)11-8(23)7(22)6(4-21)24-11/h6-8,11,17,21-23H,2-5,15H2,1H3/t6-,7-,8-,11-,13?/m1/s1. The molecule has 0 aromatic carbocycles. The van der Waals surface area contributed by atoms with Gasteiger partial charge in [-0.15, -0.1) is 0 Å². The molecule has 0 bridgehead atoms. The SMILES string of the molecule is CCCNC1(N)N=C(I)N=C2C1=NCN2[C@@H]1O[C@H](CO)[C@@H](O)[C@H]1O. The second-order valence-electron chi connectivity index (χ2n) is 5.86. The summed E-state index contributed by atoms with van der Waals surface area (Å²) < 4.78 is 6.02. The van der Waals surface area contributed by atoms with Crippen LogP contribution in [-0.2, 0) is 4.74 Å². The van der Waals surface area contributed by atoms with E-state index in [2.05, 4.69) is 20.3 Å². The molecule has 0 radical (unpaired) electrons. The Morgan fingerprint density at radius 3 is 2.83 bits per heavy atom. The Hall–Kier alpha value is -0.700. The van der Waals surface area contributed by atoms with Gasteiger partial charge < -0.3 is 25.0 Å². The Labute approximate surface area is 152 Å². The Morgan fingerprint density at radius 2 is 2.21 bits per heavy atom. The highest BCUT2D eigenvalue weighted by Crippen LogP contribution is 2.29. The van der Waals surface area contributed by atoms with Crippen LogP contribution in [0.1, 0.15) is 13.3 Å². The summed E-state index contributed by atoms with van der Waals surface area (Å²) in [5.41, 5.74) is 6.83. The van der Waals surface area contributed by atoms with E-state index in [0.717, 1.165) is 6.42 Å². The lowest BCUT2D eigenvalue weighted by atomic mass is 10.1. The molecule has 0 amide bonds. The van der Waals surface area contributed by atoms with Gasteiger partial charge in [0.1, 0.15) is 30.7 Å². The van der Waals surface area contributed by atoms with Crippen molar-refractivity contribution in [1.29, 1.82) is 0 Å². The van der Waals surface area contributed by atoms with Crippen molar-refractivity contribution in [2.24, 2.45) is 20.7 Å². The third-order valence-electron chi connectivity index (χ3n) is 4.16. The molecule has 3 rings (SSSR count). The van der Waals surface area contributed by atoms with Crippen molar-refractivity contribution in [3.05, 3.63) is 0 Å². The van der Waals surface area contributed by atoms with Gasteiger partial charge in [-0.25, -0.2) is 9.98 Å². The number of ether oxygens (including phenoxy) is 1. The maximum atomic E-state index is 10.2. The number of fused-ring (bicyclic) bond motifs is 1. The van der Waals surface area contributed by atoms with E-state index in [-0.39, 0.29) is 13.3 Å². The topological polar surface area (TPSA) is 148 Å². The summed E-state index contributed by atoms with van der Waals surface area (Å²) in [4.78, 5) is 14.8. The van der Waals surface area contributed by atoms with E-state index in [1.54, 1.807) is 4.90 Å².